The monoisotopic (exact) mass is 158 g/mol. The van der Waals surface area contributed by atoms with E-state index in [-0.39, 0.29) is 0 Å². The van der Waals surface area contributed by atoms with Gasteiger partial charge >= 0.3 is 0 Å². The standard InChI is InChI=1S/C6H11BO4/c1-2(8)5-3(9)4(10)6(7)11-5/h2-6,8-10H,1H3. The molecule has 2 radical (unpaired) electrons. The summed E-state index contributed by atoms with van der Waals surface area (Å²) in [6.07, 6.45) is -3.80. The van der Waals surface area contributed by atoms with Gasteiger partial charge in [0.1, 0.15) is 20.1 Å². The van der Waals surface area contributed by atoms with Gasteiger partial charge in [-0.05, 0) is 6.92 Å². The van der Waals surface area contributed by atoms with Gasteiger partial charge in [0.15, 0.2) is 0 Å². The molecule has 1 fully saturated rings. The lowest BCUT2D eigenvalue weighted by molar-refractivity contribution is -0.0468. The van der Waals surface area contributed by atoms with Gasteiger partial charge in [0.05, 0.1) is 12.2 Å². The van der Waals surface area contributed by atoms with Crippen LogP contribution < -0.4 is 0 Å². The van der Waals surface area contributed by atoms with Crippen LogP contribution >= 0.6 is 0 Å². The minimum absolute atomic E-state index is 0.778. The molecule has 5 unspecified atom stereocenters. The van der Waals surface area contributed by atoms with Crippen molar-refractivity contribution in [1.82, 2.24) is 0 Å². The van der Waals surface area contributed by atoms with E-state index in [1.807, 2.05) is 0 Å². The van der Waals surface area contributed by atoms with Gasteiger partial charge in [-0.3, -0.25) is 0 Å². The van der Waals surface area contributed by atoms with Gasteiger partial charge in [0.25, 0.3) is 0 Å². The molecule has 0 aliphatic carbocycles. The van der Waals surface area contributed by atoms with Crippen molar-refractivity contribution in [3.8, 4) is 0 Å². The Hall–Kier alpha value is -0.0951. The molecule has 0 bridgehead atoms. The lowest BCUT2D eigenvalue weighted by Gasteiger charge is -2.16. The molecule has 1 heterocycles. The molecule has 3 N–H and O–H groups in total. The fourth-order valence-electron chi connectivity index (χ4n) is 1.13. The minimum Gasteiger partial charge on any atom is -0.391 e. The quantitative estimate of drug-likeness (QED) is 0.385. The third kappa shape index (κ3) is 1.56. The number of ether oxygens (including phenoxy) is 1. The van der Waals surface area contributed by atoms with Crippen molar-refractivity contribution in [2.45, 2.75) is 37.3 Å². The Bertz CT molecular complexity index is 141. The molecular formula is C6H11BO4. The van der Waals surface area contributed by atoms with Crippen LogP contribution in [0.25, 0.3) is 0 Å². The Kier molecular flexibility index (Phi) is 2.54. The Balaban J connectivity index is 2.59. The molecule has 0 amide bonds. The third-order valence-electron chi connectivity index (χ3n) is 1.81. The molecule has 0 aromatic carbocycles. The largest absolute Gasteiger partial charge is 0.391 e. The van der Waals surface area contributed by atoms with Crippen LogP contribution in [0, 0.1) is 0 Å². The lowest BCUT2D eigenvalue weighted by atomic mass is 9.93. The normalized spacial score (nSPS) is 47.6. The van der Waals surface area contributed by atoms with E-state index >= 15 is 0 Å². The van der Waals surface area contributed by atoms with Gasteiger partial charge in [-0.25, -0.2) is 0 Å². The highest BCUT2D eigenvalue weighted by Crippen LogP contribution is 2.21. The first-order chi connectivity index (χ1) is 5.04. The van der Waals surface area contributed by atoms with E-state index in [1.54, 1.807) is 0 Å². The van der Waals surface area contributed by atoms with E-state index in [9.17, 15) is 5.11 Å². The molecule has 1 aliphatic heterocycles. The van der Waals surface area contributed by atoms with Crippen molar-refractivity contribution in [2.24, 2.45) is 0 Å². The van der Waals surface area contributed by atoms with Crippen LogP contribution in [0.1, 0.15) is 6.92 Å². The molecule has 1 aliphatic rings. The summed E-state index contributed by atoms with van der Waals surface area (Å²) < 4.78 is 4.88. The fourth-order valence-corrected chi connectivity index (χ4v) is 1.13. The van der Waals surface area contributed by atoms with Gasteiger partial charge in [-0.15, -0.1) is 0 Å². The van der Waals surface area contributed by atoms with Crippen molar-refractivity contribution in [3.63, 3.8) is 0 Å². The second kappa shape index (κ2) is 3.10. The summed E-state index contributed by atoms with van der Waals surface area (Å²) in [6.45, 7) is 1.47. The first-order valence-corrected chi connectivity index (χ1v) is 3.49. The van der Waals surface area contributed by atoms with Crippen LogP contribution in [-0.4, -0.2) is 53.6 Å². The second-order valence-corrected chi connectivity index (χ2v) is 2.79. The maximum Gasteiger partial charge on any atom is 0.112 e. The summed E-state index contributed by atoms with van der Waals surface area (Å²) >= 11 is 0. The molecule has 0 aromatic rings. The van der Waals surface area contributed by atoms with Crippen molar-refractivity contribution in [3.05, 3.63) is 0 Å². The van der Waals surface area contributed by atoms with Crippen molar-refractivity contribution in [2.75, 3.05) is 0 Å². The molecule has 11 heavy (non-hydrogen) atoms. The van der Waals surface area contributed by atoms with E-state index < -0.39 is 30.4 Å². The first kappa shape index (κ1) is 9.00. The van der Waals surface area contributed by atoms with Gasteiger partial charge in [0, 0.05) is 6.00 Å². The number of rotatable bonds is 1. The molecule has 1 rings (SSSR count). The summed E-state index contributed by atoms with van der Waals surface area (Å²) in [5.41, 5.74) is 0. The molecule has 5 heteroatoms. The molecule has 62 valence electrons. The van der Waals surface area contributed by atoms with Crippen LogP contribution in [-0.2, 0) is 4.74 Å². The Morgan fingerprint density at radius 3 is 2.09 bits per heavy atom. The van der Waals surface area contributed by atoms with Crippen LogP contribution in [0.3, 0.4) is 0 Å². The maximum atomic E-state index is 9.18. The summed E-state index contributed by atoms with van der Waals surface area (Å²) in [6, 6.07) is -0.899. The maximum absolute atomic E-state index is 9.18. The number of aliphatic hydroxyl groups excluding tert-OH is 3. The van der Waals surface area contributed by atoms with Crippen molar-refractivity contribution < 1.29 is 20.1 Å². The van der Waals surface area contributed by atoms with Crippen LogP contribution in [0.4, 0.5) is 0 Å². The smallest absolute Gasteiger partial charge is 0.112 e. The second-order valence-electron chi connectivity index (χ2n) is 2.79. The third-order valence-corrected chi connectivity index (χ3v) is 1.81. The molecule has 0 aromatic heterocycles. The van der Waals surface area contributed by atoms with Crippen LogP contribution in [0.2, 0.25) is 0 Å². The zero-order valence-corrected chi connectivity index (χ0v) is 6.21. The fraction of sp³-hybridized carbons (Fsp3) is 1.00. The first-order valence-electron chi connectivity index (χ1n) is 3.49. The molecule has 0 saturated carbocycles. The average molecular weight is 158 g/mol. The lowest BCUT2D eigenvalue weighted by Crippen LogP contribution is -2.37. The molecule has 1 saturated heterocycles. The van der Waals surface area contributed by atoms with Gasteiger partial charge in [-0.1, -0.05) is 0 Å². The average Bonchev–Trinajstić information content (AvgIpc) is 2.17. The summed E-state index contributed by atoms with van der Waals surface area (Å²) in [7, 11) is 5.25. The van der Waals surface area contributed by atoms with E-state index in [0.717, 1.165) is 0 Å². The summed E-state index contributed by atoms with van der Waals surface area (Å²) in [5.74, 6) is 0. The van der Waals surface area contributed by atoms with Gasteiger partial charge in [0.2, 0.25) is 0 Å². The number of aliphatic hydroxyl groups is 3. The van der Waals surface area contributed by atoms with Gasteiger partial charge in [-0.2, -0.15) is 0 Å². The highest BCUT2D eigenvalue weighted by molar-refractivity contribution is 6.11. The zero-order chi connectivity index (χ0) is 8.59. The van der Waals surface area contributed by atoms with E-state index in [4.69, 9.17) is 22.8 Å². The molecular weight excluding hydrogens is 147 g/mol. The topological polar surface area (TPSA) is 69.9 Å². The molecule has 5 atom stereocenters. The number of hydrogen-bond donors (Lipinski definition) is 3. The van der Waals surface area contributed by atoms with E-state index in [1.165, 1.54) is 6.92 Å². The molecule has 0 spiro atoms. The minimum atomic E-state index is -1.10. The number of hydrogen-bond acceptors (Lipinski definition) is 4. The van der Waals surface area contributed by atoms with Crippen molar-refractivity contribution >= 4 is 7.85 Å². The Morgan fingerprint density at radius 2 is 1.91 bits per heavy atom. The van der Waals surface area contributed by atoms with E-state index in [0.29, 0.717) is 0 Å². The highest BCUT2D eigenvalue weighted by Gasteiger charge is 2.41. The Labute approximate surface area is 66.2 Å². The van der Waals surface area contributed by atoms with Crippen LogP contribution in [0.15, 0.2) is 0 Å². The SMILES string of the molecule is [B]C1OC(C(C)O)C(O)C1O. The van der Waals surface area contributed by atoms with Crippen molar-refractivity contribution in [1.29, 1.82) is 0 Å². The summed E-state index contributed by atoms with van der Waals surface area (Å²) in [5, 5.41) is 27.3. The summed E-state index contributed by atoms with van der Waals surface area (Å²) in [4.78, 5) is 0. The van der Waals surface area contributed by atoms with Gasteiger partial charge < -0.3 is 20.1 Å². The van der Waals surface area contributed by atoms with E-state index in [2.05, 4.69) is 0 Å². The molecule has 4 nitrogen and oxygen atoms in total. The predicted molar refractivity (Wildman–Crippen MR) is 38.1 cm³/mol. The zero-order valence-electron chi connectivity index (χ0n) is 6.21. The Morgan fingerprint density at radius 1 is 1.36 bits per heavy atom. The highest BCUT2D eigenvalue weighted by atomic mass is 16.5. The predicted octanol–water partition coefficient (Wildman–Crippen LogP) is -2.02. The van der Waals surface area contributed by atoms with Crippen LogP contribution in [0.5, 0.6) is 0 Å².